The number of aryl methyl sites for hydroxylation is 3. The molecule has 0 amide bonds. The van der Waals surface area contributed by atoms with E-state index in [0.717, 1.165) is 46.6 Å². The van der Waals surface area contributed by atoms with Gasteiger partial charge in [0.05, 0.1) is 18.0 Å². The second-order valence-electron chi connectivity index (χ2n) is 7.22. The molecule has 5 heteroatoms. The molecule has 0 aliphatic heterocycles. The molecule has 29 heavy (non-hydrogen) atoms. The third-order valence-corrected chi connectivity index (χ3v) is 5.08. The molecule has 2 aromatic carbocycles. The molecule has 0 atom stereocenters. The fourth-order valence-corrected chi connectivity index (χ4v) is 3.71. The molecule has 2 heterocycles. The van der Waals surface area contributed by atoms with Gasteiger partial charge in [0.15, 0.2) is 0 Å². The monoisotopic (exact) mass is 387 g/mol. The van der Waals surface area contributed by atoms with Crippen molar-refractivity contribution in [2.75, 3.05) is 6.61 Å². The summed E-state index contributed by atoms with van der Waals surface area (Å²) in [7, 11) is 0. The number of nitrogens with zero attached hydrogens (tertiary/aromatic N) is 3. The third kappa shape index (κ3) is 3.94. The summed E-state index contributed by atoms with van der Waals surface area (Å²) >= 11 is 0. The lowest BCUT2D eigenvalue weighted by Crippen LogP contribution is -2.22. The summed E-state index contributed by atoms with van der Waals surface area (Å²) in [6.45, 7) is 5.24. The molecular weight excluding hydrogens is 362 g/mol. The van der Waals surface area contributed by atoms with Gasteiger partial charge in [-0.2, -0.15) is 5.10 Å². The van der Waals surface area contributed by atoms with Crippen molar-refractivity contribution in [1.29, 1.82) is 0 Å². The number of aromatic nitrogens is 3. The predicted molar refractivity (Wildman–Crippen MR) is 116 cm³/mol. The molecule has 0 radical (unpaired) electrons. The fraction of sp³-hybridized carbons (Fsp3) is 0.250. The first kappa shape index (κ1) is 19.0. The lowest BCUT2D eigenvalue weighted by molar-refractivity contribution is 0.303. The van der Waals surface area contributed by atoms with Crippen molar-refractivity contribution >= 4 is 11.0 Å². The number of unbranched alkanes of at least 4 members (excludes halogenated alkanes) is 1. The van der Waals surface area contributed by atoms with Gasteiger partial charge in [0.25, 0.3) is 5.56 Å². The van der Waals surface area contributed by atoms with Gasteiger partial charge in [-0.05, 0) is 56.5 Å². The minimum absolute atomic E-state index is 0.0102. The molecule has 0 N–H and O–H groups in total. The summed E-state index contributed by atoms with van der Waals surface area (Å²) in [6, 6.07) is 21.5. The Kier molecular flexibility index (Phi) is 5.47. The van der Waals surface area contributed by atoms with E-state index in [1.165, 1.54) is 0 Å². The van der Waals surface area contributed by atoms with Gasteiger partial charge in [0.2, 0.25) is 0 Å². The van der Waals surface area contributed by atoms with Crippen molar-refractivity contribution in [2.24, 2.45) is 0 Å². The lowest BCUT2D eigenvalue weighted by Gasteiger charge is -2.12. The Labute approximate surface area is 170 Å². The van der Waals surface area contributed by atoms with Crippen LogP contribution in [0.15, 0.2) is 71.5 Å². The normalized spacial score (nSPS) is 11.1. The molecule has 0 aliphatic carbocycles. The molecule has 0 unspecified atom stereocenters. The number of fused-ring (bicyclic) bond motifs is 1. The van der Waals surface area contributed by atoms with Crippen molar-refractivity contribution in [3.63, 3.8) is 0 Å². The predicted octanol–water partition coefficient (Wildman–Crippen LogP) is 4.66. The molecule has 148 valence electrons. The number of benzene rings is 2. The van der Waals surface area contributed by atoms with Crippen molar-refractivity contribution in [3.05, 3.63) is 88.3 Å². The van der Waals surface area contributed by atoms with Gasteiger partial charge < -0.3 is 4.74 Å². The highest BCUT2D eigenvalue weighted by Crippen LogP contribution is 2.24. The van der Waals surface area contributed by atoms with Gasteiger partial charge in [-0.25, -0.2) is 4.68 Å². The summed E-state index contributed by atoms with van der Waals surface area (Å²) in [4.78, 5) is 12.8. The van der Waals surface area contributed by atoms with Crippen molar-refractivity contribution in [2.45, 2.75) is 33.2 Å². The van der Waals surface area contributed by atoms with Crippen molar-refractivity contribution in [1.82, 2.24) is 14.3 Å². The Morgan fingerprint density at radius 1 is 0.931 bits per heavy atom. The SMILES string of the molecule is Cc1cc(=O)n(CCCCOc2ccccc2)c2c1c(C)nn2-c1ccccc1. The van der Waals surface area contributed by atoms with Gasteiger partial charge in [-0.15, -0.1) is 0 Å². The van der Waals surface area contributed by atoms with E-state index < -0.39 is 0 Å². The van der Waals surface area contributed by atoms with Crippen LogP contribution in [0, 0.1) is 13.8 Å². The molecule has 4 aromatic rings. The molecule has 4 rings (SSSR count). The van der Waals surface area contributed by atoms with Gasteiger partial charge in [-0.1, -0.05) is 36.4 Å². The second kappa shape index (κ2) is 8.35. The highest BCUT2D eigenvalue weighted by Gasteiger charge is 2.16. The maximum absolute atomic E-state index is 12.8. The number of ether oxygens (including phenoxy) is 1. The van der Waals surface area contributed by atoms with Crippen LogP contribution in [0.4, 0.5) is 0 Å². The smallest absolute Gasteiger partial charge is 0.252 e. The first-order valence-corrected chi connectivity index (χ1v) is 9.98. The molecule has 0 spiro atoms. The van der Waals surface area contributed by atoms with Gasteiger partial charge in [0, 0.05) is 18.0 Å². The Balaban J connectivity index is 1.59. The average Bonchev–Trinajstić information content (AvgIpc) is 3.09. The minimum atomic E-state index is 0.0102. The topological polar surface area (TPSA) is 49.1 Å². The Morgan fingerprint density at radius 3 is 2.34 bits per heavy atom. The van der Waals surface area contributed by atoms with Crippen LogP contribution in [0.3, 0.4) is 0 Å². The lowest BCUT2D eigenvalue weighted by atomic mass is 10.1. The minimum Gasteiger partial charge on any atom is -0.494 e. The van der Waals surface area contributed by atoms with E-state index in [-0.39, 0.29) is 5.56 Å². The Bertz CT molecular complexity index is 1160. The molecule has 0 saturated carbocycles. The Morgan fingerprint density at radius 2 is 1.62 bits per heavy atom. The van der Waals surface area contributed by atoms with Crippen LogP contribution < -0.4 is 10.3 Å². The fourth-order valence-electron chi connectivity index (χ4n) is 3.71. The maximum atomic E-state index is 12.8. The molecule has 5 nitrogen and oxygen atoms in total. The van der Waals surface area contributed by atoms with E-state index in [1.54, 1.807) is 6.07 Å². The number of hydrogen-bond acceptors (Lipinski definition) is 3. The van der Waals surface area contributed by atoms with Crippen LogP contribution in [0.25, 0.3) is 16.7 Å². The van der Waals surface area contributed by atoms with Crippen molar-refractivity contribution in [3.8, 4) is 11.4 Å². The molecule has 0 bridgehead atoms. The van der Waals surface area contributed by atoms with E-state index in [2.05, 4.69) is 0 Å². The summed E-state index contributed by atoms with van der Waals surface area (Å²) < 4.78 is 9.51. The number of rotatable bonds is 7. The highest BCUT2D eigenvalue weighted by atomic mass is 16.5. The van der Waals surface area contributed by atoms with E-state index in [9.17, 15) is 4.79 Å². The summed E-state index contributed by atoms with van der Waals surface area (Å²) in [5.74, 6) is 0.875. The van der Waals surface area contributed by atoms with Gasteiger partial charge in [0.1, 0.15) is 11.4 Å². The number of para-hydroxylation sites is 2. The summed E-state index contributed by atoms with van der Waals surface area (Å²) in [6.07, 6.45) is 1.72. The van der Waals surface area contributed by atoms with Crippen LogP contribution >= 0.6 is 0 Å². The van der Waals surface area contributed by atoms with Crippen LogP contribution in [0.1, 0.15) is 24.1 Å². The zero-order chi connectivity index (χ0) is 20.2. The molecule has 0 aliphatic rings. The average molecular weight is 387 g/mol. The first-order valence-electron chi connectivity index (χ1n) is 9.98. The standard InChI is InChI=1S/C24H25N3O2/c1-18-17-22(28)26(15-9-10-16-29-21-13-7-4-8-14-21)24-23(18)19(2)25-27(24)20-11-5-3-6-12-20/h3-8,11-14,17H,9-10,15-16H2,1-2H3. The zero-order valence-corrected chi connectivity index (χ0v) is 16.8. The van der Waals surface area contributed by atoms with E-state index >= 15 is 0 Å². The molecule has 2 aromatic heterocycles. The largest absolute Gasteiger partial charge is 0.494 e. The third-order valence-electron chi connectivity index (χ3n) is 5.08. The van der Waals surface area contributed by atoms with E-state index in [4.69, 9.17) is 9.84 Å². The molecule has 0 saturated heterocycles. The highest BCUT2D eigenvalue weighted by molar-refractivity contribution is 5.83. The van der Waals surface area contributed by atoms with Crippen LogP contribution in [-0.4, -0.2) is 21.0 Å². The summed E-state index contributed by atoms with van der Waals surface area (Å²) in [5, 5.41) is 5.79. The number of pyridine rings is 1. The zero-order valence-electron chi connectivity index (χ0n) is 16.8. The number of hydrogen-bond donors (Lipinski definition) is 0. The summed E-state index contributed by atoms with van der Waals surface area (Å²) in [5.41, 5.74) is 3.73. The van der Waals surface area contributed by atoms with Crippen LogP contribution in [0.5, 0.6) is 5.75 Å². The molecule has 0 fully saturated rings. The second-order valence-corrected chi connectivity index (χ2v) is 7.22. The van der Waals surface area contributed by atoms with Crippen LogP contribution in [0.2, 0.25) is 0 Å². The van der Waals surface area contributed by atoms with Crippen molar-refractivity contribution < 1.29 is 4.74 Å². The maximum Gasteiger partial charge on any atom is 0.252 e. The van der Waals surface area contributed by atoms with E-state index in [1.807, 2.05) is 83.8 Å². The van der Waals surface area contributed by atoms with Crippen LogP contribution in [-0.2, 0) is 6.54 Å². The van der Waals surface area contributed by atoms with Gasteiger partial charge in [-0.3, -0.25) is 9.36 Å². The van der Waals surface area contributed by atoms with E-state index in [0.29, 0.717) is 13.2 Å². The molecular formula is C24H25N3O2. The van der Waals surface area contributed by atoms with Gasteiger partial charge >= 0.3 is 0 Å². The Hall–Kier alpha value is -3.34. The first-order chi connectivity index (χ1) is 14.1. The quantitative estimate of drug-likeness (QED) is 0.433.